The van der Waals surface area contributed by atoms with Crippen LogP contribution >= 0.6 is 0 Å². The van der Waals surface area contributed by atoms with Crippen molar-refractivity contribution < 1.29 is 17.9 Å². The Labute approximate surface area is 143 Å². The highest BCUT2D eigenvalue weighted by Gasteiger charge is 2.33. The topological polar surface area (TPSA) is 63.7 Å². The van der Waals surface area contributed by atoms with Crippen LogP contribution < -0.4 is 4.74 Å². The first kappa shape index (κ1) is 17.3. The molecule has 1 heterocycles. The van der Waals surface area contributed by atoms with E-state index in [-0.39, 0.29) is 30.1 Å². The van der Waals surface area contributed by atoms with E-state index < -0.39 is 9.84 Å². The third kappa shape index (κ3) is 3.91. The Kier molecular flexibility index (Phi) is 5.13. The number of ether oxygens (including phenoxy) is 1. The van der Waals surface area contributed by atoms with Crippen LogP contribution in [-0.2, 0) is 27.5 Å². The van der Waals surface area contributed by atoms with Gasteiger partial charge in [-0.05, 0) is 62.3 Å². The molecule has 1 aliphatic carbocycles. The van der Waals surface area contributed by atoms with Crippen LogP contribution in [0.2, 0.25) is 0 Å². The number of fused-ring (bicyclic) bond motifs is 1. The lowest BCUT2D eigenvalue weighted by Crippen LogP contribution is -2.43. The predicted octanol–water partition coefficient (Wildman–Crippen LogP) is 1.98. The van der Waals surface area contributed by atoms with Crippen LogP contribution in [-0.4, -0.2) is 49.9 Å². The van der Waals surface area contributed by atoms with Crippen molar-refractivity contribution >= 4 is 15.7 Å². The van der Waals surface area contributed by atoms with Crippen molar-refractivity contribution in [2.24, 2.45) is 0 Å². The van der Waals surface area contributed by atoms with E-state index in [1.165, 1.54) is 24.0 Å². The molecule has 1 amide bonds. The van der Waals surface area contributed by atoms with Gasteiger partial charge in [0.25, 0.3) is 5.91 Å². The number of benzene rings is 1. The number of hydrogen-bond donors (Lipinski definition) is 0. The van der Waals surface area contributed by atoms with E-state index in [4.69, 9.17) is 4.74 Å². The van der Waals surface area contributed by atoms with Crippen LogP contribution in [0.1, 0.15) is 37.3 Å². The van der Waals surface area contributed by atoms with Crippen molar-refractivity contribution in [3.63, 3.8) is 0 Å². The molecule has 1 aromatic rings. The van der Waals surface area contributed by atoms with Gasteiger partial charge in [-0.25, -0.2) is 8.42 Å². The minimum atomic E-state index is -3.00. The summed E-state index contributed by atoms with van der Waals surface area (Å²) >= 11 is 0. The molecular weight excluding hydrogens is 326 g/mol. The minimum absolute atomic E-state index is 0.0385. The number of carbonyl (C=O) groups is 1. The fourth-order valence-electron chi connectivity index (χ4n) is 3.69. The zero-order valence-corrected chi connectivity index (χ0v) is 15.0. The van der Waals surface area contributed by atoms with Gasteiger partial charge >= 0.3 is 0 Å². The molecule has 1 aromatic carbocycles. The third-order valence-corrected chi connectivity index (χ3v) is 6.74. The average Bonchev–Trinajstić information content (AvgIpc) is 2.93. The monoisotopic (exact) mass is 351 g/mol. The summed E-state index contributed by atoms with van der Waals surface area (Å²) in [6.45, 7) is 2.34. The third-order valence-electron chi connectivity index (χ3n) is 4.99. The van der Waals surface area contributed by atoms with Crippen molar-refractivity contribution in [2.45, 2.75) is 45.1 Å². The smallest absolute Gasteiger partial charge is 0.260 e. The Morgan fingerprint density at radius 2 is 2.00 bits per heavy atom. The average molecular weight is 351 g/mol. The molecule has 0 saturated carbocycles. The quantitative estimate of drug-likeness (QED) is 0.814. The first-order chi connectivity index (χ1) is 11.5. The molecule has 5 nitrogen and oxygen atoms in total. The van der Waals surface area contributed by atoms with Crippen LogP contribution in [0.15, 0.2) is 18.2 Å². The van der Waals surface area contributed by atoms with Crippen LogP contribution in [0.4, 0.5) is 0 Å². The highest BCUT2D eigenvalue weighted by Crippen LogP contribution is 2.25. The van der Waals surface area contributed by atoms with Crippen molar-refractivity contribution in [1.29, 1.82) is 0 Å². The molecule has 0 N–H and O–H groups in total. The van der Waals surface area contributed by atoms with E-state index in [1.807, 2.05) is 19.1 Å². The summed E-state index contributed by atoms with van der Waals surface area (Å²) in [5.74, 6) is 0.829. The molecule has 132 valence electrons. The molecule has 1 fully saturated rings. The maximum absolute atomic E-state index is 12.4. The van der Waals surface area contributed by atoms with Crippen LogP contribution in [0.25, 0.3) is 0 Å². The molecule has 3 rings (SSSR count). The fourth-order valence-corrected chi connectivity index (χ4v) is 5.42. The second-order valence-corrected chi connectivity index (χ2v) is 8.89. The van der Waals surface area contributed by atoms with Gasteiger partial charge in [0.15, 0.2) is 16.4 Å². The molecule has 1 saturated heterocycles. The molecule has 1 atom stereocenters. The minimum Gasteiger partial charge on any atom is -0.484 e. The summed E-state index contributed by atoms with van der Waals surface area (Å²) in [7, 11) is -3.00. The number of likely N-dealkylation sites (N-methyl/N-ethyl adjacent to an activating group) is 1. The number of carbonyl (C=O) groups excluding carboxylic acids is 1. The van der Waals surface area contributed by atoms with E-state index in [0.29, 0.717) is 13.0 Å². The number of nitrogens with zero attached hydrogens (tertiary/aromatic N) is 1. The summed E-state index contributed by atoms with van der Waals surface area (Å²) in [5.41, 5.74) is 2.70. The van der Waals surface area contributed by atoms with Gasteiger partial charge in [-0.15, -0.1) is 0 Å². The highest BCUT2D eigenvalue weighted by molar-refractivity contribution is 7.91. The van der Waals surface area contributed by atoms with Gasteiger partial charge in [0.05, 0.1) is 11.5 Å². The Morgan fingerprint density at radius 3 is 2.67 bits per heavy atom. The van der Waals surface area contributed by atoms with E-state index in [1.54, 1.807) is 4.90 Å². The fraction of sp³-hybridized carbons (Fsp3) is 0.611. The first-order valence-corrected chi connectivity index (χ1v) is 10.5. The number of hydrogen-bond acceptors (Lipinski definition) is 4. The van der Waals surface area contributed by atoms with Gasteiger partial charge in [0, 0.05) is 12.6 Å². The molecule has 1 aliphatic heterocycles. The maximum atomic E-state index is 12.4. The number of rotatable bonds is 5. The van der Waals surface area contributed by atoms with E-state index in [0.717, 1.165) is 18.6 Å². The van der Waals surface area contributed by atoms with Crippen molar-refractivity contribution in [3.8, 4) is 5.75 Å². The van der Waals surface area contributed by atoms with Gasteiger partial charge in [-0.2, -0.15) is 0 Å². The molecule has 24 heavy (non-hydrogen) atoms. The summed E-state index contributed by atoms with van der Waals surface area (Å²) < 4.78 is 28.9. The SMILES string of the molecule is CCN(C(=O)COc1ccc2c(c1)CCCC2)C1CCS(=O)(=O)C1. The van der Waals surface area contributed by atoms with Gasteiger partial charge < -0.3 is 9.64 Å². The first-order valence-electron chi connectivity index (χ1n) is 8.73. The van der Waals surface area contributed by atoms with E-state index in [2.05, 4.69) is 6.07 Å². The van der Waals surface area contributed by atoms with E-state index in [9.17, 15) is 13.2 Å². The molecule has 0 aromatic heterocycles. The Bertz CT molecular complexity index is 714. The second kappa shape index (κ2) is 7.13. The predicted molar refractivity (Wildman–Crippen MR) is 93.0 cm³/mol. The largest absolute Gasteiger partial charge is 0.484 e. The summed E-state index contributed by atoms with van der Waals surface area (Å²) in [6.07, 6.45) is 5.16. The van der Waals surface area contributed by atoms with Crippen LogP contribution in [0.5, 0.6) is 5.75 Å². The number of aryl methyl sites for hydroxylation is 2. The lowest BCUT2D eigenvalue weighted by Gasteiger charge is -2.27. The van der Waals surface area contributed by atoms with Crippen LogP contribution in [0, 0.1) is 0 Å². The lowest BCUT2D eigenvalue weighted by molar-refractivity contribution is -0.135. The van der Waals surface area contributed by atoms with Crippen molar-refractivity contribution in [2.75, 3.05) is 24.7 Å². The molecule has 2 aliphatic rings. The van der Waals surface area contributed by atoms with Gasteiger partial charge in [0.1, 0.15) is 5.75 Å². The second-order valence-electron chi connectivity index (χ2n) is 6.66. The zero-order valence-electron chi connectivity index (χ0n) is 14.2. The van der Waals surface area contributed by atoms with Crippen molar-refractivity contribution in [3.05, 3.63) is 29.3 Å². The summed E-state index contributed by atoms with van der Waals surface area (Å²) in [4.78, 5) is 14.1. The molecule has 6 heteroatoms. The maximum Gasteiger partial charge on any atom is 0.260 e. The lowest BCUT2D eigenvalue weighted by atomic mass is 9.92. The van der Waals surface area contributed by atoms with Gasteiger partial charge in [0.2, 0.25) is 0 Å². The molecule has 0 bridgehead atoms. The summed E-state index contributed by atoms with van der Waals surface area (Å²) in [5, 5.41) is 0. The molecular formula is C18H25NO4S. The zero-order chi connectivity index (χ0) is 17.2. The normalized spacial score (nSPS) is 22.0. The Hall–Kier alpha value is -1.56. The van der Waals surface area contributed by atoms with Crippen molar-refractivity contribution in [1.82, 2.24) is 4.90 Å². The molecule has 0 spiro atoms. The molecule has 1 unspecified atom stereocenters. The van der Waals surface area contributed by atoms with Gasteiger partial charge in [-0.1, -0.05) is 6.07 Å². The standard InChI is InChI=1S/C18H25NO4S/c1-2-19(16-9-10-24(21,22)13-16)18(20)12-23-17-8-7-14-5-3-4-6-15(14)11-17/h7-8,11,16H,2-6,9-10,12-13H2,1H3. The molecule has 0 radical (unpaired) electrons. The van der Waals surface area contributed by atoms with Gasteiger partial charge in [-0.3, -0.25) is 4.79 Å². The van der Waals surface area contributed by atoms with E-state index >= 15 is 0 Å². The number of sulfone groups is 1. The summed E-state index contributed by atoms with van der Waals surface area (Å²) in [6, 6.07) is 5.85. The number of amides is 1. The Morgan fingerprint density at radius 1 is 1.25 bits per heavy atom. The van der Waals surface area contributed by atoms with Crippen LogP contribution in [0.3, 0.4) is 0 Å². The highest BCUT2D eigenvalue weighted by atomic mass is 32.2. The Balaban J connectivity index is 1.60.